The lowest BCUT2D eigenvalue weighted by atomic mass is 9.72. The van der Waals surface area contributed by atoms with Crippen molar-refractivity contribution in [3.8, 4) is 5.69 Å². The molecule has 0 aliphatic carbocycles. The van der Waals surface area contributed by atoms with Crippen molar-refractivity contribution >= 4 is 12.7 Å². The third-order valence-electron chi connectivity index (χ3n) is 3.13. The van der Waals surface area contributed by atoms with Gasteiger partial charge in [0, 0.05) is 17.1 Å². The molecule has 19 heavy (non-hydrogen) atoms. The molecule has 2 aromatic rings. The van der Waals surface area contributed by atoms with Gasteiger partial charge in [-0.05, 0) is 38.1 Å². The fourth-order valence-corrected chi connectivity index (χ4v) is 2.17. The first-order chi connectivity index (χ1) is 8.82. The molecule has 1 nitrogen and oxygen atoms in total. The van der Waals surface area contributed by atoms with Gasteiger partial charge < -0.3 is 4.57 Å². The highest BCUT2D eigenvalue weighted by molar-refractivity contribution is 6.52. The van der Waals surface area contributed by atoms with E-state index in [9.17, 15) is 13.2 Å². The zero-order valence-corrected chi connectivity index (χ0v) is 11.0. The molecule has 0 aliphatic heterocycles. The zero-order valence-electron chi connectivity index (χ0n) is 11.0. The predicted octanol–water partition coefficient (Wildman–Crippen LogP) is 3.49. The normalized spacial score (nSPS) is 11.7. The lowest BCUT2D eigenvalue weighted by Gasteiger charge is -2.15. The first kappa shape index (κ1) is 13.8. The van der Waals surface area contributed by atoms with Gasteiger partial charge in [-0.2, -0.15) is 13.2 Å². The quantitative estimate of drug-likeness (QED) is 0.732. The van der Waals surface area contributed by atoms with E-state index in [1.54, 1.807) is 20.2 Å². The van der Waals surface area contributed by atoms with Gasteiger partial charge in [-0.1, -0.05) is 18.4 Å². The Bertz CT molecular complexity index is 580. The Hall–Kier alpha value is -1.65. The average Bonchev–Trinajstić information content (AvgIpc) is 2.67. The maximum atomic E-state index is 12.9. The third kappa shape index (κ3) is 2.70. The van der Waals surface area contributed by atoms with Crippen LogP contribution < -0.4 is 5.46 Å². The van der Waals surface area contributed by atoms with E-state index in [1.807, 2.05) is 30.5 Å². The smallest absolute Gasteiger partial charge is 0.319 e. The average molecular weight is 264 g/mol. The summed E-state index contributed by atoms with van der Waals surface area (Å²) >= 11 is 0. The molecule has 0 unspecified atom stereocenters. The molecule has 0 atom stereocenters. The molecule has 0 fully saturated rings. The second-order valence-electron chi connectivity index (χ2n) is 4.55. The van der Waals surface area contributed by atoms with E-state index in [1.165, 1.54) is 6.07 Å². The van der Waals surface area contributed by atoms with Gasteiger partial charge in [-0.15, -0.1) is 0 Å². The van der Waals surface area contributed by atoms with Gasteiger partial charge in [0.25, 0.3) is 0 Å². The summed E-state index contributed by atoms with van der Waals surface area (Å²) in [5, 5.41) is 0. The van der Waals surface area contributed by atoms with Crippen molar-refractivity contribution in [3.63, 3.8) is 0 Å². The van der Waals surface area contributed by atoms with Crippen LogP contribution in [0.25, 0.3) is 5.69 Å². The monoisotopic (exact) mass is 264 g/mol. The zero-order chi connectivity index (χ0) is 14.2. The van der Waals surface area contributed by atoms with Gasteiger partial charge in [-0.25, -0.2) is 0 Å². The van der Waals surface area contributed by atoms with Crippen LogP contribution in [0.2, 0.25) is 6.82 Å². The Kier molecular flexibility index (Phi) is 3.48. The predicted molar refractivity (Wildman–Crippen MR) is 71.5 cm³/mol. The Morgan fingerprint density at radius 3 is 2.05 bits per heavy atom. The number of nitrogens with zero attached hydrogens (tertiary/aromatic N) is 1. The molecule has 5 heteroatoms. The topological polar surface area (TPSA) is 4.93 Å². The SMILES string of the molecule is C[B]c1cc(-n2c(C)ccc2C)cc(C(F)(F)F)c1. The van der Waals surface area contributed by atoms with E-state index in [0.717, 1.165) is 17.5 Å². The van der Waals surface area contributed by atoms with Gasteiger partial charge >= 0.3 is 6.18 Å². The van der Waals surface area contributed by atoms with Gasteiger partial charge in [0.2, 0.25) is 0 Å². The number of halogens is 3. The van der Waals surface area contributed by atoms with Gasteiger partial charge in [0.05, 0.1) is 5.56 Å². The minimum absolute atomic E-state index is 0.544. The molecule has 1 radical (unpaired) electrons. The first-order valence-electron chi connectivity index (χ1n) is 6.00. The summed E-state index contributed by atoms with van der Waals surface area (Å²) in [7, 11) is 1.67. The van der Waals surface area contributed by atoms with E-state index in [4.69, 9.17) is 0 Å². The third-order valence-corrected chi connectivity index (χ3v) is 3.13. The summed E-state index contributed by atoms with van der Waals surface area (Å²) in [4.78, 5) is 0. The molecule has 0 saturated carbocycles. The number of benzene rings is 1. The van der Waals surface area contributed by atoms with E-state index in [2.05, 4.69) is 0 Å². The molecule has 0 bridgehead atoms. The van der Waals surface area contributed by atoms with Crippen molar-refractivity contribution in [2.45, 2.75) is 26.8 Å². The fraction of sp³-hybridized carbons (Fsp3) is 0.286. The Morgan fingerprint density at radius 2 is 1.58 bits per heavy atom. The van der Waals surface area contributed by atoms with E-state index < -0.39 is 11.7 Å². The summed E-state index contributed by atoms with van der Waals surface area (Å²) in [5.74, 6) is 0. The van der Waals surface area contributed by atoms with Crippen molar-refractivity contribution in [1.29, 1.82) is 0 Å². The van der Waals surface area contributed by atoms with Crippen molar-refractivity contribution in [1.82, 2.24) is 4.57 Å². The number of hydrogen-bond donors (Lipinski definition) is 0. The Labute approximate surface area is 111 Å². The highest BCUT2D eigenvalue weighted by atomic mass is 19.4. The van der Waals surface area contributed by atoms with Gasteiger partial charge in [0.1, 0.15) is 7.28 Å². The molecule has 0 aliphatic rings. The molecule has 1 aromatic heterocycles. The van der Waals surface area contributed by atoms with Crippen LogP contribution in [-0.4, -0.2) is 11.8 Å². The van der Waals surface area contributed by atoms with Crippen LogP contribution in [-0.2, 0) is 6.18 Å². The van der Waals surface area contributed by atoms with Crippen LogP contribution in [0.3, 0.4) is 0 Å². The van der Waals surface area contributed by atoms with Crippen LogP contribution >= 0.6 is 0 Å². The molecule has 0 spiro atoms. The number of hydrogen-bond acceptors (Lipinski definition) is 0. The number of alkyl halides is 3. The van der Waals surface area contributed by atoms with Crippen LogP contribution in [0.1, 0.15) is 17.0 Å². The summed E-state index contributed by atoms with van der Waals surface area (Å²) in [5.41, 5.74) is 2.32. The molecule has 0 saturated heterocycles. The minimum atomic E-state index is -4.33. The first-order valence-corrected chi connectivity index (χ1v) is 6.00. The lowest BCUT2D eigenvalue weighted by molar-refractivity contribution is -0.137. The molecular weight excluding hydrogens is 250 g/mol. The van der Waals surface area contributed by atoms with Gasteiger partial charge in [-0.3, -0.25) is 0 Å². The van der Waals surface area contributed by atoms with E-state index >= 15 is 0 Å². The summed E-state index contributed by atoms with van der Waals surface area (Å²) < 4.78 is 40.5. The molecule has 0 N–H and O–H groups in total. The van der Waals surface area contributed by atoms with Gasteiger partial charge in [0.15, 0.2) is 0 Å². The maximum absolute atomic E-state index is 12.9. The summed E-state index contributed by atoms with van der Waals surface area (Å²) in [6.45, 7) is 5.49. The minimum Gasteiger partial charge on any atom is -0.319 e. The fourth-order valence-electron chi connectivity index (χ4n) is 2.17. The molecule has 1 heterocycles. The number of aromatic nitrogens is 1. The largest absolute Gasteiger partial charge is 0.416 e. The van der Waals surface area contributed by atoms with E-state index in [0.29, 0.717) is 11.2 Å². The van der Waals surface area contributed by atoms with Crippen LogP contribution in [0.15, 0.2) is 30.3 Å². The highest BCUT2D eigenvalue weighted by Gasteiger charge is 2.31. The second kappa shape index (κ2) is 4.80. The van der Waals surface area contributed by atoms with Crippen molar-refractivity contribution in [3.05, 3.63) is 47.3 Å². The lowest BCUT2D eigenvalue weighted by Crippen LogP contribution is -2.17. The molecule has 0 amide bonds. The van der Waals surface area contributed by atoms with Crippen LogP contribution in [0, 0.1) is 13.8 Å². The summed E-state index contributed by atoms with van der Waals surface area (Å²) in [6, 6.07) is 7.90. The van der Waals surface area contributed by atoms with Crippen molar-refractivity contribution in [2.75, 3.05) is 0 Å². The Balaban J connectivity index is 2.64. The van der Waals surface area contributed by atoms with Crippen LogP contribution in [0.4, 0.5) is 13.2 Å². The van der Waals surface area contributed by atoms with E-state index in [-0.39, 0.29) is 0 Å². The second-order valence-corrected chi connectivity index (χ2v) is 4.55. The van der Waals surface area contributed by atoms with Crippen molar-refractivity contribution < 1.29 is 13.2 Å². The highest BCUT2D eigenvalue weighted by Crippen LogP contribution is 2.30. The number of rotatable bonds is 2. The number of aryl methyl sites for hydroxylation is 2. The summed E-state index contributed by atoms with van der Waals surface area (Å²) in [6.07, 6.45) is -4.33. The Morgan fingerprint density at radius 1 is 1.00 bits per heavy atom. The van der Waals surface area contributed by atoms with Crippen molar-refractivity contribution in [2.24, 2.45) is 0 Å². The van der Waals surface area contributed by atoms with Crippen LogP contribution in [0.5, 0.6) is 0 Å². The molecule has 99 valence electrons. The standard InChI is InChI=1S/C14H14BF3N/c1-9-4-5-10(2)19(9)13-7-11(14(16,17)18)6-12(8-13)15-3/h4-8H,1-3H3. The molecule has 1 aromatic carbocycles. The molecular formula is C14H14BF3N. The maximum Gasteiger partial charge on any atom is 0.416 e. The molecule has 2 rings (SSSR count).